The lowest BCUT2D eigenvalue weighted by Gasteiger charge is -2.22. The second-order valence-corrected chi connectivity index (χ2v) is 8.90. The van der Waals surface area contributed by atoms with Gasteiger partial charge in [-0.05, 0) is 48.9 Å². The largest absolute Gasteiger partial charge is 0.496 e. The number of aliphatic imine (C=N–C) groups is 1. The third-order valence-corrected chi connectivity index (χ3v) is 6.24. The minimum absolute atomic E-state index is 0.0941. The molecule has 0 spiro atoms. The fourth-order valence-electron chi connectivity index (χ4n) is 4.28. The number of isocyanates is 1. The van der Waals surface area contributed by atoms with E-state index in [-0.39, 0.29) is 18.9 Å². The third kappa shape index (κ3) is 4.58. The molecule has 0 saturated heterocycles. The summed E-state index contributed by atoms with van der Waals surface area (Å²) in [5, 5.41) is 5.43. The van der Waals surface area contributed by atoms with Crippen LogP contribution in [0.1, 0.15) is 23.0 Å². The van der Waals surface area contributed by atoms with E-state index < -0.39 is 5.97 Å². The summed E-state index contributed by atoms with van der Waals surface area (Å²) in [5.74, 6) is 0.530. The number of esters is 1. The van der Waals surface area contributed by atoms with Gasteiger partial charge in [0.15, 0.2) is 5.69 Å². The molecule has 0 atom stereocenters. The van der Waals surface area contributed by atoms with Gasteiger partial charge >= 0.3 is 5.97 Å². The molecule has 1 aliphatic heterocycles. The summed E-state index contributed by atoms with van der Waals surface area (Å²) < 4.78 is 18.6. The molecule has 1 aliphatic rings. The Hall–Kier alpha value is -4.10. The van der Waals surface area contributed by atoms with Gasteiger partial charge in [-0.15, -0.1) is 0 Å². The van der Waals surface area contributed by atoms with Crippen molar-refractivity contribution in [2.75, 3.05) is 13.7 Å². The van der Waals surface area contributed by atoms with E-state index in [0.717, 1.165) is 11.1 Å². The third-order valence-electron chi connectivity index (χ3n) is 5.80. The van der Waals surface area contributed by atoms with Gasteiger partial charge in [-0.3, -0.25) is 0 Å². The van der Waals surface area contributed by atoms with E-state index in [1.807, 2.05) is 12.1 Å². The summed E-state index contributed by atoms with van der Waals surface area (Å²) in [6, 6.07) is 15.8. The van der Waals surface area contributed by atoms with Crippen LogP contribution in [0.2, 0.25) is 10.0 Å². The van der Waals surface area contributed by atoms with Gasteiger partial charge in [0.1, 0.15) is 18.1 Å². The van der Waals surface area contributed by atoms with Crippen molar-refractivity contribution in [3.05, 3.63) is 75.9 Å². The second kappa shape index (κ2) is 10.1. The lowest BCUT2D eigenvalue weighted by Crippen LogP contribution is -2.12. The van der Waals surface area contributed by atoms with E-state index in [9.17, 15) is 9.59 Å². The molecule has 2 heterocycles. The average molecular weight is 536 g/mol. The number of hydrogen-bond acceptors (Lipinski definition) is 7. The summed E-state index contributed by atoms with van der Waals surface area (Å²) in [5.41, 5.74) is 4.50. The van der Waals surface area contributed by atoms with Crippen molar-refractivity contribution in [1.29, 1.82) is 0 Å². The molecule has 3 aromatic carbocycles. The van der Waals surface area contributed by atoms with Gasteiger partial charge in [-0.2, -0.15) is 10.1 Å². The molecular weight excluding hydrogens is 517 g/mol. The second-order valence-electron chi connectivity index (χ2n) is 8.03. The number of halogens is 2. The topological polar surface area (TPSA) is 92.0 Å². The number of fused-ring (bicyclic) bond motifs is 3. The van der Waals surface area contributed by atoms with E-state index in [4.69, 9.17) is 37.4 Å². The van der Waals surface area contributed by atoms with Crippen LogP contribution in [0.15, 0.2) is 59.6 Å². The first-order valence-electron chi connectivity index (χ1n) is 11.2. The van der Waals surface area contributed by atoms with Crippen molar-refractivity contribution >= 4 is 40.9 Å². The van der Waals surface area contributed by atoms with Crippen LogP contribution in [0.25, 0.3) is 28.1 Å². The van der Waals surface area contributed by atoms with Gasteiger partial charge in [0.2, 0.25) is 6.08 Å². The zero-order valence-corrected chi connectivity index (χ0v) is 21.3. The fourth-order valence-corrected chi connectivity index (χ4v) is 4.80. The Morgan fingerprint density at radius 3 is 2.62 bits per heavy atom. The Labute approximate surface area is 222 Å². The molecule has 0 fully saturated rings. The highest BCUT2D eigenvalue weighted by Gasteiger charge is 2.32. The quantitative estimate of drug-likeness (QED) is 0.158. The van der Waals surface area contributed by atoms with E-state index in [1.54, 1.807) is 67.3 Å². The molecule has 5 rings (SSSR count). The fraction of sp³-hybridized carbons (Fsp3) is 0.148. The highest BCUT2D eigenvalue weighted by molar-refractivity contribution is 6.34. The normalized spacial score (nSPS) is 11.6. The molecule has 37 heavy (non-hydrogen) atoms. The van der Waals surface area contributed by atoms with Gasteiger partial charge in [0, 0.05) is 27.2 Å². The van der Waals surface area contributed by atoms with Crippen molar-refractivity contribution in [2.45, 2.75) is 13.5 Å². The standard InChI is InChI=1S/C27H19Cl2N3O5/c1-3-36-27(34)25-22-13-37-24-12-23(35-2)20(15-5-4-6-18(7-15)30-14-33)11-21(24)26(22)32(31-25)19-9-16(28)8-17(29)10-19/h4-12H,3,13H2,1-2H3. The molecule has 0 radical (unpaired) electrons. The minimum Gasteiger partial charge on any atom is -0.496 e. The lowest BCUT2D eigenvalue weighted by molar-refractivity contribution is 0.0516. The number of hydrogen-bond donors (Lipinski definition) is 0. The Morgan fingerprint density at radius 2 is 1.92 bits per heavy atom. The monoisotopic (exact) mass is 535 g/mol. The highest BCUT2D eigenvalue weighted by Crippen LogP contribution is 2.46. The van der Waals surface area contributed by atoms with Crippen LogP contribution in [0, 0.1) is 0 Å². The smallest absolute Gasteiger partial charge is 0.359 e. The molecule has 8 nitrogen and oxygen atoms in total. The number of rotatable bonds is 6. The first kappa shape index (κ1) is 24.6. The zero-order chi connectivity index (χ0) is 26.1. The molecule has 0 aliphatic carbocycles. The van der Waals surface area contributed by atoms with Crippen LogP contribution in [0.5, 0.6) is 11.5 Å². The number of benzene rings is 3. The summed E-state index contributed by atoms with van der Waals surface area (Å²) in [6.07, 6.45) is 1.56. The van der Waals surface area contributed by atoms with E-state index in [2.05, 4.69) is 10.1 Å². The highest BCUT2D eigenvalue weighted by atomic mass is 35.5. The predicted octanol–water partition coefficient (Wildman–Crippen LogP) is 6.56. The number of carbonyl (C=O) groups excluding carboxylic acids is 2. The Balaban J connectivity index is 1.78. The SMILES string of the molecule is CCOC(=O)c1nn(-c2cc(Cl)cc(Cl)c2)c2c1COc1cc(OC)c(-c3cccc(N=C=O)c3)cc1-2. The van der Waals surface area contributed by atoms with Crippen molar-refractivity contribution in [1.82, 2.24) is 9.78 Å². The maximum absolute atomic E-state index is 12.8. The van der Waals surface area contributed by atoms with Gasteiger partial charge in [0.25, 0.3) is 0 Å². The maximum atomic E-state index is 12.8. The van der Waals surface area contributed by atoms with E-state index >= 15 is 0 Å². The molecule has 4 aromatic rings. The molecule has 186 valence electrons. The summed E-state index contributed by atoms with van der Waals surface area (Å²) >= 11 is 12.6. The van der Waals surface area contributed by atoms with Crippen molar-refractivity contribution in [2.24, 2.45) is 4.99 Å². The molecule has 0 N–H and O–H groups in total. The van der Waals surface area contributed by atoms with Crippen LogP contribution < -0.4 is 9.47 Å². The first-order valence-corrected chi connectivity index (χ1v) is 12.0. The number of aromatic nitrogens is 2. The maximum Gasteiger partial charge on any atom is 0.359 e. The number of ether oxygens (including phenoxy) is 3. The molecule has 0 unspecified atom stereocenters. The lowest BCUT2D eigenvalue weighted by atomic mass is 9.95. The predicted molar refractivity (Wildman–Crippen MR) is 139 cm³/mol. The van der Waals surface area contributed by atoms with Crippen molar-refractivity contribution in [3.8, 4) is 39.6 Å². The summed E-state index contributed by atoms with van der Waals surface area (Å²) in [7, 11) is 1.56. The molecule has 0 bridgehead atoms. The zero-order valence-electron chi connectivity index (χ0n) is 19.7. The molecular formula is C27H19Cl2N3O5. The molecule has 10 heteroatoms. The van der Waals surface area contributed by atoms with Crippen LogP contribution in [-0.4, -0.2) is 35.5 Å². The van der Waals surface area contributed by atoms with Gasteiger partial charge in [-0.25, -0.2) is 14.3 Å². The van der Waals surface area contributed by atoms with Crippen LogP contribution in [0.4, 0.5) is 5.69 Å². The molecule has 0 saturated carbocycles. The average Bonchev–Trinajstić information content (AvgIpc) is 3.28. The molecule has 0 amide bonds. The van der Waals surface area contributed by atoms with Crippen LogP contribution in [-0.2, 0) is 16.1 Å². The van der Waals surface area contributed by atoms with E-state index in [1.165, 1.54) is 0 Å². The number of carbonyl (C=O) groups is 1. The van der Waals surface area contributed by atoms with Crippen molar-refractivity contribution < 1.29 is 23.8 Å². The first-order chi connectivity index (χ1) is 17.9. The number of methoxy groups -OCH3 is 1. The molecule has 1 aromatic heterocycles. The van der Waals surface area contributed by atoms with Gasteiger partial charge in [-0.1, -0.05) is 35.3 Å². The van der Waals surface area contributed by atoms with Gasteiger partial charge < -0.3 is 14.2 Å². The Morgan fingerprint density at radius 1 is 1.14 bits per heavy atom. The van der Waals surface area contributed by atoms with Crippen LogP contribution in [0.3, 0.4) is 0 Å². The Bertz CT molecular complexity index is 1570. The van der Waals surface area contributed by atoms with E-state index in [0.29, 0.717) is 49.7 Å². The van der Waals surface area contributed by atoms with Gasteiger partial charge in [0.05, 0.1) is 36.3 Å². The van der Waals surface area contributed by atoms with Crippen molar-refractivity contribution in [3.63, 3.8) is 0 Å². The number of nitrogens with zero attached hydrogens (tertiary/aromatic N) is 3. The van der Waals surface area contributed by atoms with Crippen LogP contribution >= 0.6 is 23.2 Å². The Kier molecular flexibility index (Phi) is 6.72. The summed E-state index contributed by atoms with van der Waals surface area (Å²) in [6.45, 7) is 2.02. The minimum atomic E-state index is -0.564. The summed E-state index contributed by atoms with van der Waals surface area (Å²) in [4.78, 5) is 27.3.